The molecule has 0 amide bonds. The van der Waals surface area contributed by atoms with Gasteiger partial charge in [0.2, 0.25) is 0 Å². The number of hydrogen-bond donors (Lipinski definition) is 1. The minimum Gasteiger partial charge on any atom is -0.375 e. The van der Waals surface area contributed by atoms with E-state index in [1.54, 1.807) is 0 Å². The average molecular weight is 290 g/mol. The summed E-state index contributed by atoms with van der Waals surface area (Å²) in [6.45, 7) is 0.606. The van der Waals surface area contributed by atoms with Gasteiger partial charge in [-0.1, -0.05) is 12.1 Å². The molecule has 102 valence electrons. The van der Waals surface area contributed by atoms with Crippen molar-refractivity contribution in [2.45, 2.75) is 6.42 Å². The number of hydrogen-bond acceptors (Lipinski definition) is 3. The van der Waals surface area contributed by atoms with E-state index < -0.39 is 11.6 Å². The molecule has 0 spiro atoms. The van der Waals surface area contributed by atoms with Gasteiger partial charge in [0.1, 0.15) is 16.6 Å². The highest BCUT2D eigenvalue weighted by molar-refractivity contribution is 7.11. The molecule has 5 heteroatoms. The van der Waals surface area contributed by atoms with Crippen LogP contribution in [0.1, 0.15) is 5.56 Å². The Kier molecular flexibility index (Phi) is 3.60. The highest BCUT2D eigenvalue weighted by atomic mass is 32.1. The molecule has 1 heterocycles. The standard InChI is InChI=1S/C15H12F2N2S/c16-11-7-10(8-12(17)9-11)5-6-18-15-13-3-1-2-4-14(13)19-20-15/h1-4,7-9,18H,5-6H2. The van der Waals surface area contributed by atoms with Crippen molar-refractivity contribution >= 4 is 27.4 Å². The SMILES string of the molecule is Fc1cc(F)cc(CCNc2snc3ccccc23)c1. The van der Waals surface area contributed by atoms with Crippen LogP contribution in [0, 0.1) is 11.6 Å². The monoisotopic (exact) mass is 290 g/mol. The molecule has 0 saturated heterocycles. The van der Waals surface area contributed by atoms with Crippen molar-refractivity contribution in [3.8, 4) is 0 Å². The average Bonchev–Trinajstić information content (AvgIpc) is 2.81. The van der Waals surface area contributed by atoms with Gasteiger partial charge in [-0.3, -0.25) is 0 Å². The van der Waals surface area contributed by atoms with E-state index in [0.717, 1.165) is 22.0 Å². The van der Waals surface area contributed by atoms with Gasteiger partial charge in [-0.2, -0.15) is 4.37 Å². The zero-order valence-electron chi connectivity index (χ0n) is 10.6. The number of nitrogens with zero attached hydrogens (tertiary/aromatic N) is 1. The van der Waals surface area contributed by atoms with Crippen LogP contribution in [0.3, 0.4) is 0 Å². The zero-order chi connectivity index (χ0) is 13.9. The molecule has 0 aliphatic carbocycles. The second kappa shape index (κ2) is 5.54. The van der Waals surface area contributed by atoms with E-state index >= 15 is 0 Å². The number of aromatic nitrogens is 1. The maximum Gasteiger partial charge on any atom is 0.126 e. The van der Waals surface area contributed by atoms with Gasteiger partial charge < -0.3 is 5.32 Å². The van der Waals surface area contributed by atoms with Gasteiger partial charge >= 0.3 is 0 Å². The number of fused-ring (bicyclic) bond motifs is 1. The van der Waals surface area contributed by atoms with E-state index in [1.165, 1.54) is 23.7 Å². The number of anilines is 1. The molecule has 0 aliphatic rings. The Morgan fingerprint density at radius 1 is 1.05 bits per heavy atom. The first-order valence-electron chi connectivity index (χ1n) is 6.25. The number of benzene rings is 2. The van der Waals surface area contributed by atoms with Gasteiger partial charge in [0, 0.05) is 18.0 Å². The van der Waals surface area contributed by atoms with Crippen molar-refractivity contribution in [2.24, 2.45) is 0 Å². The predicted octanol–water partition coefficient (Wildman–Crippen LogP) is 4.23. The van der Waals surface area contributed by atoms with Crippen molar-refractivity contribution in [1.82, 2.24) is 4.37 Å². The number of nitrogens with one attached hydrogen (secondary N) is 1. The molecule has 1 N–H and O–H groups in total. The molecule has 0 saturated carbocycles. The maximum atomic E-state index is 13.1. The third-order valence-electron chi connectivity index (χ3n) is 3.01. The van der Waals surface area contributed by atoms with Crippen molar-refractivity contribution in [3.05, 3.63) is 59.7 Å². The van der Waals surface area contributed by atoms with Gasteiger partial charge in [-0.25, -0.2) is 8.78 Å². The van der Waals surface area contributed by atoms with E-state index in [9.17, 15) is 8.78 Å². The summed E-state index contributed by atoms with van der Waals surface area (Å²) in [6, 6.07) is 11.5. The number of halogens is 2. The van der Waals surface area contributed by atoms with E-state index in [-0.39, 0.29) is 0 Å². The summed E-state index contributed by atoms with van der Waals surface area (Å²) >= 11 is 1.40. The molecule has 0 fully saturated rings. The van der Waals surface area contributed by atoms with E-state index in [0.29, 0.717) is 18.5 Å². The third-order valence-corrected chi connectivity index (χ3v) is 3.84. The summed E-state index contributed by atoms with van der Waals surface area (Å²) < 4.78 is 30.5. The molecule has 2 aromatic carbocycles. The molecule has 0 unspecified atom stereocenters. The van der Waals surface area contributed by atoms with Gasteiger partial charge in [0.25, 0.3) is 0 Å². The molecule has 3 aromatic rings. The summed E-state index contributed by atoms with van der Waals surface area (Å²) in [5.74, 6) is -1.08. The van der Waals surface area contributed by atoms with Crippen LogP contribution in [0.4, 0.5) is 13.8 Å². The van der Waals surface area contributed by atoms with E-state index in [4.69, 9.17) is 0 Å². The van der Waals surface area contributed by atoms with Crippen LogP contribution in [-0.2, 0) is 6.42 Å². The Morgan fingerprint density at radius 3 is 2.60 bits per heavy atom. The molecular formula is C15H12F2N2S. The predicted molar refractivity (Wildman–Crippen MR) is 78.2 cm³/mol. The summed E-state index contributed by atoms with van der Waals surface area (Å²) in [6.07, 6.45) is 0.556. The number of rotatable bonds is 4. The largest absolute Gasteiger partial charge is 0.375 e. The quantitative estimate of drug-likeness (QED) is 0.778. The van der Waals surface area contributed by atoms with Gasteiger partial charge in [0.05, 0.1) is 5.52 Å². The van der Waals surface area contributed by atoms with Crippen molar-refractivity contribution in [3.63, 3.8) is 0 Å². The lowest BCUT2D eigenvalue weighted by Crippen LogP contribution is -2.04. The van der Waals surface area contributed by atoms with Crippen molar-refractivity contribution in [1.29, 1.82) is 0 Å². The molecule has 20 heavy (non-hydrogen) atoms. The van der Waals surface area contributed by atoms with Gasteiger partial charge in [-0.15, -0.1) is 0 Å². The van der Waals surface area contributed by atoms with Crippen LogP contribution in [0.15, 0.2) is 42.5 Å². The Balaban J connectivity index is 1.68. The molecule has 0 radical (unpaired) electrons. The topological polar surface area (TPSA) is 24.9 Å². The van der Waals surface area contributed by atoms with Crippen LogP contribution in [0.25, 0.3) is 10.9 Å². The molecule has 1 aromatic heterocycles. The second-order valence-corrected chi connectivity index (χ2v) is 5.26. The second-order valence-electron chi connectivity index (χ2n) is 4.48. The first kappa shape index (κ1) is 13.0. The molecule has 0 atom stereocenters. The lowest BCUT2D eigenvalue weighted by Gasteiger charge is -2.05. The van der Waals surface area contributed by atoms with Gasteiger partial charge in [-0.05, 0) is 47.8 Å². The smallest absolute Gasteiger partial charge is 0.126 e. The molecule has 0 bridgehead atoms. The summed E-state index contributed by atoms with van der Waals surface area (Å²) in [4.78, 5) is 0. The fourth-order valence-electron chi connectivity index (χ4n) is 2.09. The fourth-order valence-corrected chi connectivity index (χ4v) is 2.88. The molecular weight excluding hydrogens is 278 g/mol. The Labute approximate surface area is 119 Å². The highest BCUT2D eigenvalue weighted by Gasteiger charge is 2.05. The van der Waals surface area contributed by atoms with Crippen LogP contribution in [-0.4, -0.2) is 10.9 Å². The lowest BCUT2D eigenvalue weighted by molar-refractivity contribution is 0.580. The summed E-state index contributed by atoms with van der Waals surface area (Å²) in [7, 11) is 0. The first-order chi connectivity index (χ1) is 9.72. The van der Waals surface area contributed by atoms with E-state index in [2.05, 4.69) is 9.69 Å². The lowest BCUT2D eigenvalue weighted by atomic mass is 10.1. The fraction of sp³-hybridized carbons (Fsp3) is 0.133. The minimum absolute atomic E-state index is 0.539. The first-order valence-corrected chi connectivity index (χ1v) is 7.03. The Morgan fingerprint density at radius 2 is 1.80 bits per heavy atom. The summed E-state index contributed by atoms with van der Waals surface area (Å²) in [5, 5.41) is 5.32. The zero-order valence-corrected chi connectivity index (χ0v) is 11.4. The minimum atomic E-state index is -0.539. The molecule has 2 nitrogen and oxygen atoms in total. The summed E-state index contributed by atoms with van der Waals surface area (Å²) in [5.41, 5.74) is 1.60. The maximum absolute atomic E-state index is 13.1. The van der Waals surface area contributed by atoms with E-state index in [1.807, 2.05) is 24.3 Å². The van der Waals surface area contributed by atoms with Crippen LogP contribution in [0.2, 0.25) is 0 Å². The highest BCUT2D eigenvalue weighted by Crippen LogP contribution is 2.27. The van der Waals surface area contributed by atoms with Crippen LogP contribution < -0.4 is 5.32 Å². The van der Waals surface area contributed by atoms with Crippen LogP contribution >= 0.6 is 11.5 Å². The van der Waals surface area contributed by atoms with Crippen LogP contribution in [0.5, 0.6) is 0 Å². The molecule has 3 rings (SSSR count). The van der Waals surface area contributed by atoms with Crippen molar-refractivity contribution in [2.75, 3.05) is 11.9 Å². The Hall–Kier alpha value is -2.01. The molecule has 0 aliphatic heterocycles. The van der Waals surface area contributed by atoms with Gasteiger partial charge in [0.15, 0.2) is 0 Å². The van der Waals surface area contributed by atoms with Crippen molar-refractivity contribution < 1.29 is 8.78 Å². The Bertz CT molecular complexity index is 719. The normalized spacial score (nSPS) is 10.9. The third kappa shape index (κ3) is 2.77.